The maximum atomic E-state index is 13.1. The molecule has 5 heteroatoms. The van der Waals surface area contributed by atoms with Crippen LogP contribution in [0.2, 0.25) is 0 Å². The van der Waals surface area contributed by atoms with Gasteiger partial charge in [-0.2, -0.15) is 0 Å². The minimum atomic E-state index is -0.725. The predicted molar refractivity (Wildman–Crippen MR) is 137 cm³/mol. The molecule has 4 aromatic rings. The average molecular weight is 465 g/mol. The number of ether oxygens (including phenoxy) is 1. The summed E-state index contributed by atoms with van der Waals surface area (Å²) in [5.41, 5.74) is 4.65. The molecular weight excluding hydrogens is 436 g/mol. The van der Waals surface area contributed by atoms with E-state index < -0.39 is 6.17 Å². The second-order valence-corrected chi connectivity index (χ2v) is 8.35. The first-order valence-electron chi connectivity index (χ1n) is 11.5. The monoisotopic (exact) mass is 464 g/mol. The highest BCUT2D eigenvalue weighted by molar-refractivity contribution is 5.98. The van der Waals surface area contributed by atoms with Gasteiger partial charge in [0.25, 0.3) is 11.8 Å². The maximum Gasteiger partial charge on any atom is 0.253 e. The van der Waals surface area contributed by atoms with Gasteiger partial charge in [0.1, 0.15) is 18.5 Å². The van der Waals surface area contributed by atoms with Gasteiger partial charge in [-0.3, -0.25) is 9.59 Å². The van der Waals surface area contributed by atoms with Crippen LogP contribution in [0.25, 0.3) is 0 Å². The molecule has 5 nitrogen and oxygen atoms in total. The summed E-state index contributed by atoms with van der Waals surface area (Å²) < 4.78 is 5.88. The van der Waals surface area contributed by atoms with Crippen LogP contribution in [0.4, 0.5) is 0 Å². The molecule has 0 unspecified atom stereocenters. The summed E-state index contributed by atoms with van der Waals surface area (Å²) >= 11 is 0. The van der Waals surface area contributed by atoms with Gasteiger partial charge in [0, 0.05) is 11.1 Å². The Kier molecular flexibility index (Phi) is 7.58. The molecule has 4 rings (SSSR count). The minimum Gasteiger partial charge on any atom is -0.489 e. The van der Waals surface area contributed by atoms with E-state index in [2.05, 4.69) is 10.6 Å². The number of benzene rings is 4. The quantitative estimate of drug-likeness (QED) is 0.327. The van der Waals surface area contributed by atoms with Crippen molar-refractivity contribution in [2.75, 3.05) is 0 Å². The summed E-state index contributed by atoms with van der Waals surface area (Å²) in [5, 5.41) is 5.95. The van der Waals surface area contributed by atoms with Crippen molar-refractivity contribution in [1.82, 2.24) is 10.6 Å². The molecular formula is C30H28N2O3. The summed E-state index contributed by atoms with van der Waals surface area (Å²) in [5.74, 6) is 0.178. The van der Waals surface area contributed by atoms with Crippen molar-refractivity contribution in [3.05, 3.63) is 137 Å². The Hall–Kier alpha value is -4.38. The van der Waals surface area contributed by atoms with E-state index in [-0.39, 0.29) is 11.8 Å². The third-order valence-corrected chi connectivity index (χ3v) is 5.79. The standard InChI is InChI=1S/C30H28N2O3/c1-21-10-6-8-14-26(21)29(33)31-28(32-30(34)27-15-9-7-11-22(27)2)24-16-18-25(19-17-24)35-20-23-12-4-3-5-13-23/h3-19,28H,20H2,1-2H3,(H,31,33)(H,32,34). The van der Waals surface area contributed by atoms with Crippen LogP contribution >= 0.6 is 0 Å². The Morgan fingerprint density at radius 1 is 0.657 bits per heavy atom. The molecule has 0 aliphatic carbocycles. The summed E-state index contributed by atoms with van der Waals surface area (Å²) in [7, 11) is 0. The molecule has 0 bridgehead atoms. The highest BCUT2D eigenvalue weighted by Crippen LogP contribution is 2.20. The summed E-state index contributed by atoms with van der Waals surface area (Å²) in [6.45, 7) is 4.22. The second kappa shape index (κ2) is 11.2. The zero-order valence-electron chi connectivity index (χ0n) is 19.8. The lowest BCUT2D eigenvalue weighted by Gasteiger charge is -2.22. The topological polar surface area (TPSA) is 67.4 Å². The van der Waals surface area contributed by atoms with Gasteiger partial charge in [0.15, 0.2) is 0 Å². The van der Waals surface area contributed by atoms with Crippen LogP contribution in [0.1, 0.15) is 49.1 Å². The number of hydrogen-bond donors (Lipinski definition) is 2. The van der Waals surface area contributed by atoms with Crippen molar-refractivity contribution in [2.45, 2.75) is 26.6 Å². The molecule has 0 aliphatic heterocycles. The number of carbonyl (C=O) groups is 2. The predicted octanol–water partition coefficient (Wildman–Crippen LogP) is 5.74. The SMILES string of the molecule is Cc1ccccc1C(=O)NC(NC(=O)c1ccccc1C)c1ccc(OCc2ccccc2)cc1. The zero-order chi connectivity index (χ0) is 24.6. The van der Waals surface area contributed by atoms with Gasteiger partial charge in [-0.15, -0.1) is 0 Å². The van der Waals surface area contributed by atoms with E-state index in [0.29, 0.717) is 23.5 Å². The van der Waals surface area contributed by atoms with E-state index in [4.69, 9.17) is 4.74 Å². The van der Waals surface area contributed by atoms with Crippen LogP contribution in [0, 0.1) is 13.8 Å². The van der Waals surface area contributed by atoms with Gasteiger partial charge >= 0.3 is 0 Å². The first-order chi connectivity index (χ1) is 17.0. The first-order valence-corrected chi connectivity index (χ1v) is 11.5. The molecule has 0 aliphatic rings. The molecule has 0 heterocycles. The number of amides is 2. The highest BCUT2D eigenvalue weighted by Gasteiger charge is 2.20. The Bertz CT molecular complexity index is 1240. The van der Waals surface area contributed by atoms with E-state index in [1.54, 1.807) is 12.1 Å². The molecule has 4 aromatic carbocycles. The summed E-state index contributed by atoms with van der Waals surface area (Å²) in [6, 6.07) is 32.0. The smallest absolute Gasteiger partial charge is 0.253 e. The average Bonchev–Trinajstić information content (AvgIpc) is 2.88. The van der Waals surface area contributed by atoms with Crippen LogP contribution in [-0.2, 0) is 6.61 Å². The Morgan fingerprint density at radius 2 is 1.14 bits per heavy atom. The van der Waals surface area contributed by atoms with Crippen LogP contribution in [0.3, 0.4) is 0 Å². The molecule has 0 saturated carbocycles. The molecule has 0 radical (unpaired) electrons. The van der Waals surface area contributed by atoms with E-state index >= 15 is 0 Å². The van der Waals surface area contributed by atoms with Crippen molar-refractivity contribution >= 4 is 11.8 Å². The molecule has 0 aromatic heterocycles. The van der Waals surface area contributed by atoms with Gasteiger partial charge in [0.05, 0.1) is 0 Å². The molecule has 35 heavy (non-hydrogen) atoms. The van der Waals surface area contributed by atoms with Crippen molar-refractivity contribution in [2.24, 2.45) is 0 Å². The maximum absolute atomic E-state index is 13.1. The number of hydrogen-bond acceptors (Lipinski definition) is 3. The molecule has 176 valence electrons. The van der Waals surface area contributed by atoms with Crippen molar-refractivity contribution in [1.29, 1.82) is 0 Å². The fourth-order valence-electron chi connectivity index (χ4n) is 3.77. The molecule has 2 N–H and O–H groups in total. The highest BCUT2D eigenvalue weighted by atomic mass is 16.5. The lowest BCUT2D eigenvalue weighted by atomic mass is 10.1. The largest absolute Gasteiger partial charge is 0.489 e. The molecule has 0 spiro atoms. The number of aryl methyl sites for hydroxylation is 2. The van der Waals surface area contributed by atoms with Crippen LogP contribution in [-0.4, -0.2) is 11.8 Å². The van der Waals surface area contributed by atoms with Gasteiger partial charge in [0.2, 0.25) is 0 Å². The van der Waals surface area contributed by atoms with Crippen molar-refractivity contribution in [3.8, 4) is 5.75 Å². The van der Waals surface area contributed by atoms with Gasteiger partial charge in [-0.1, -0.05) is 78.9 Å². The molecule has 0 fully saturated rings. The molecule has 2 amide bonds. The summed E-state index contributed by atoms with van der Waals surface area (Å²) in [4.78, 5) is 26.1. The third kappa shape index (κ3) is 6.15. The van der Waals surface area contributed by atoms with Crippen molar-refractivity contribution < 1.29 is 14.3 Å². The Labute approximate surface area is 205 Å². The van der Waals surface area contributed by atoms with Crippen LogP contribution < -0.4 is 15.4 Å². The van der Waals surface area contributed by atoms with Gasteiger partial charge in [-0.25, -0.2) is 0 Å². The third-order valence-electron chi connectivity index (χ3n) is 5.79. The number of carbonyl (C=O) groups excluding carboxylic acids is 2. The van der Waals surface area contributed by atoms with Crippen molar-refractivity contribution in [3.63, 3.8) is 0 Å². The molecule has 0 saturated heterocycles. The van der Waals surface area contributed by atoms with Gasteiger partial charge in [-0.05, 0) is 60.4 Å². The Balaban J connectivity index is 1.54. The van der Waals surface area contributed by atoms with Gasteiger partial charge < -0.3 is 15.4 Å². The van der Waals surface area contributed by atoms with Crippen LogP contribution in [0.15, 0.2) is 103 Å². The summed E-state index contributed by atoms with van der Waals surface area (Å²) in [6.07, 6.45) is -0.725. The first kappa shape index (κ1) is 23.8. The molecule has 0 atom stereocenters. The second-order valence-electron chi connectivity index (χ2n) is 8.35. The van der Waals surface area contributed by atoms with E-state index in [0.717, 1.165) is 22.3 Å². The zero-order valence-corrected chi connectivity index (χ0v) is 19.8. The van der Waals surface area contributed by atoms with E-state index in [1.165, 1.54) is 0 Å². The normalized spacial score (nSPS) is 10.6. The van der Waals surface area contributed by atoms with E-state index in [1.807, 2.05) is 105 Å². The number of nitrogens with one attached hydrogen (secondary N) is 2. The minimum absolute atomic E-state index is 0.261. The Morgan fingerprint density at radius 3 is 1.66 bits per heavy atom. The lowest BCUT2D eigenvalue weighted by molar-refractivity contribution is 0.0883. The number of rotatable bonds is 8. The fraction of sp³-hybridized carbons (Fsp3) is 0.133. The lowest BCUT2D eigenvalue weighted by Crippen LogP contribution is -2.41. The van der Waals surface area contributed by atoms with Crippen LogP contribution in [0.5, 0.6) is 5.75 Å². The fourth-order valence-corrected chi connectivity index (χ4v) is 3.77. The van der Waals surface area contributed by atoms with E-state index in [9.17, 15) is 9.59 Å².